The molecule has 0 atom stereocenters. The number of anilines is 2. The standard InChI is InChI=1S/C16H16ClNO3/c1-20-15-8-7-13(10-14(15)17)18-12-5-3-11(4-6-12)9-16(19)21-2/h3-8,10,18H,9H2,1-2H3. The molecule has 21 heavy (non-hydrogen) atoms. The summed E-state index contributed by atoms with van der Waals surface area (Å²) in [5.41, 5.74) is 2.67. The third-order valence-electron chi connectivity index (χ3n) is 2.97. The molecule has 0 saturated heterocycles. The number of rotatable bonds is 5. The molecule has 5 heteroatoms. The first-order chi connectivity index (χ1) is 10.1. The topological polar surface area (TPSA) is 47.6 Å². The molecule has 0 unspecified atom stereocenters. The van der Waals surface area contributed by atoms with E-state index in [4.69, 9.17) is 16.3 Å². The minimum atomic E-state index is -0.252. The Morgan fingerprint density at radius 1 is 1.10 bits per heavy atom. The van der Waals surface area contributed by atoms with Crippen LogP contribution in [0.5, 0.6) is 5.75 Å². The lowest BCUT2D eigenvalue weighted by atomic mass is 10.1. The quantitative estimate of drug-likeness (QED) is 0.853. The summed E-state index contributed by atoms with van der Waals surface area (Å²) in [6.07, 6.45) is 0.269. The van der Waals surface area contributed by atoms with Crippen molar-refractivity contribution in [3.05, 3.63) is 53.1 Å². The summed E-state index contributed by atoms with van der Waals surface area (Å²) in [5, 5.41) is 3.78. The molecule has 0 amide bonds. The molecule has 0 spiro atoms. The molecule has 1 N–H and O–H groups in total. The largest absolute Gasteiger partial charge is 0.495 e. The lowest BCUT2D eigenvalue weighted by Crippen LogP contribution is -2.04. The molecule has 0 aliphatic carbocycles. The maximum Gasteiger partial charge on any atom is 0.309 e. The third-order valence-corrected chi connectivity index (χ3v) is 3.27. The van der Waals surface area contributed by atoms with Gasteiger partial charge in [-0.2, -0.15) is 0 Å². The van der Waals surface area contributed by atoms with E-state index in [2.05, 4.69) is 10.1 Å². The maximum absolute atomic E-state index is 11.2. The van der Waals surface area contributed by atoms with Gasteiger partial charge in [-0.1, -0.05) is 23.7 Å². The normalized spacial score (nSPS) is 10.0. The van der Waals surface area contributed by atoms with Crippen LogP contribution in [0.15, 0.2) is 42.5 Å². The number of hydrogen-bond donors (Lipinski definition) is 1. The Hall–Kier alpha value is -2.20. The van der Waals surface area contributed by atoms with Crippen molar-refractivity contribution >= 4 is 28.9 Å². The number of halogens is 1. The highest BCUT2D eigenvalue weighted by molar-refractivity contribution is 6.32. The van der Waals surface area contributed by atoms with Crippen LogP contribution >= 0.6 is 11.6 Å². The number of methoxy groups -OCH3 is 2. The lowest BCUT2D eigenvalue weighted by molar-refractivity contribution is -0.139. The van der Waals surface area contributed by atoms with Crippen molar-refractivity contribution in [2.75, 3.05) is 19.5 Å². The molecule has 0 saturated carbocycles. The first-order valence-electron chi connectivity index (χ1n) is 6.38. The zero-order valence-electron chi connectivity index (χ0n) is 11.9. The van der Waals surface area contributed by atoms with Gasteiger partial charge in [0.25, 0.3) is 0 Å². The van der Waals surface area contributed by atoms with Gasteiger partial charge in [-0.25, -0.2) is 0 Å². The monoisotopic (exact) mass is 305 g/mol. The molecule has 2 aromatic rings. The highest BCUT2D eigenvalue weighted by atomic mass is 35.5. The molecule has 0 radical (unpaired) electrons. The van der Waals surface area contributed by atoms with Crippen molar-refractivity contribution in [3.63, 3.8) is 0 Å². The number of nitrogens with one attached hydrogen (secondary N) is 1. The van der Waals surface area contributed by atoms with Crippen LogP contribution < -0.4 is 10.1 Å². The average molecular weight is 306 g/mol. The number of esters is 1. The van der Waals surface area contributed by atoms with Crippen LogP contribution in [-0.4, -0.2) is 20.2 Å². The van der Waals surface area contributed by atoms with Crippen LogP contribution in [0.3, 0.4) is 0 Å². The molecule has 0 aliphatic rings. The van der Waals surface area contributed by atoms with E-state index in [0.29, 0.717) is 10.8 Å². The first kappa shape index (κ1) is 15.2. The molecule has 110 valence electrons. The molecular formula is C16H16ClNO3. The van der Waals surface area contributed by atoms with Gasteiger partial charge in [-0.15, -0.1) is 0 Å². The van der Waals surface area contributed by atoms with Crippen molar-refractivity contribution in [2.24, 2.45) is 0 Å². The van der Waals surface area contributed by atoms with Gasteiger partial charge < -0.3 is 14.8 Å². The second-order valence-electron chi connectivity index (χ2n) is 4.42. The fraction of sp³-hybridized carbons (Fsp3) is 0.188. The number of ether oxygens (including phenoxy) is 2. The van der Waals surface area contributed by atoms with Crippen LogP contribution in [0.4, 0.5) is 11.4 Å². The molecule has 0 fully saturated rings. The van der Waals surface area contributed by atoms with Crippen LogP contribution in [0.1, 0.15) is 5.56 Å². The van der Waals surface area contributed by atoms with E-state index in [1.807, 2.05) is 30.3 Å². The number of carbonyl (C=O) groups excluding carboxylic acids is 1. The predicted octanol–water partition coefficient (Wildman–Crippen LogP) is 3.81. The SMILES string of the molecule is COC(=O)Cc1ccc(Nc2ccc(OC)c(Cl)c2)cc1. The summed E-state index contributed by atoms with van der Waals surface area (Å²) in [5.74, 6) is 0.383. The van der Waals surface area contributed by atoms with E-state index < -0.39 is 0 Å². The van der Waals surface area contributed by atoms with E-state index >= 15 is 0 Å². The minimum absolute atomic E-state index is 0.252. The average Bonchev–Trinajstić information content (AvgIpc) is 2.49. The Balaban J connectivity index is 2.06. The number of benzene rings is 2. The fourth-order valence-corrected chi connectivity index (χ4v) is 2.11. The maximum atomic E-state index is 11.2. The van der Waals surface area contributed by atoms with Crippen LogP contribution in [0.2, 0.25) is 5.02 Å². The summed E-state index contributed by atoms with van der Waals surface area (Å²) in [6.45, 7) is 0. The highest BCUT2D eigenvalue weighted by Crippen LogP contribution is 2.28. The third kappa shape index (κ3) is 4.13. The molecule has 0 aliphatic heterocycles. The van der Waals surface area contributed by atoms with Crippen molar-refractivity contribution in [3.8, 4) is 5.75 Å². The van der Waals surface area contributed by atoms with Gasteiger partial charge in [0.15, 0.2) is 0 Å². The zero-order valence-corrected chi connectivity index (χ0v) is 12.6. The Morgan fingerprint density at radius 2 is 1.76 bits per heavy atom. The smallest absolute Gasteiger partial charge is 0.309 e. The Bertz CT molecular complexity index is 626. The van der Waals surface area contributed by atoms with Gasteiger partial charge in [0.1, 0.15) is 5.75 Å². The van der Waals surface area contributed by atoms with Crippen molar-refractivity contribution in [1.82, 2.24) is 0 Å². The zero-order chi connectivity index (χ0) is 15.2. The second kappa shape index (κ2) is 6.99. The number of carbonyl (C=O) groups is 1. The summed E-state index contributed by atoms with van der Waals surface area (Å²) in [4.78, 5) is 11.2. The second-order valence-corrected chi connectivity index (χ2v) is 4.83. The molecule has 0 aromatic heterocycles. The van der Waals surface area contributed by atoms with Crippen LogP contribution in [-0.2, 0) is 16.0 Å². The molecule has 0 heterocycles. The summed E-state index contributed by atoms with van der Waals surface area (Å²) in [6, 6.07) is 13.0. The van der Waals surface area contributed by atoms with E-state index in [0.717, 1.165) is 16.9 Å². The van der Waals surface area contributed by atoms with Gasteiger partial charge in [-0.3, -0.25) is 4.79 Å². The van der Waals surface area contributed by atoms with E-state index in [1.54, 1.807) is 19.2 Å². The van der Waals surface area contributed by atoms with Crippen molar-refractivity contribution in [2.45, 2.75) is 6.42 Å². The van der Waals surface area contributed by atoms with E-state index in [1.165, 1.54) is 7.11 Å². The molecular weight excluding hydrogens is 290 g/mol. The first-order valence-corrected chi connectivity index (χ1v) is 6.76. The highest BCUT2D eigenvalue weighted by Gasteiger charge is 2.04. The number of hydrogen-bond acceptors (Lipinski definition) is 4. The molecule has 4 nitrogen and oxygen atoms in total. The fourth-order valence-electron chi connectivity index (χ4n) is 1.86. The Morgan fingerprint density at radius 3 is 2.33 bits per heavy atom. The summed E-state index contributed by atoms with van der Waals surface area (Å²) < 4.78 is 9.74. The molecule has 2 aromatic carbocycles. The van der Waals surface area contributed by atoms with Gasteiger partial charge in [0, 0.05) is 11.4 Å². The van der Waals surface area contributed by atoms with Crippen LogP contribution in [0, 0.1) is 0 Å². The summed E-state index contributed by atoms with van der Waals surface area (Å²) in [7, 11) is 2.96. The Kier molecular flexibility index (Phi) is 5.06. The summed E-state index contributed by atoms with van der Waals surface area (Å²) >= 11 is 6.08. The van der Waals surface area contributed by atoms with Crippen LogP contribution in [0.25, 0.3) is 0 Å². The van der Waals surface area contributed by atoms with Gasteiger partial charge in [0.05, 0.1) is 25.7 Å². The van der Waals surface area contributed by atoms with E-state index in [9.17, 15) is 4.79 Å². The van der Waals surface area contributed by atoms with Crippen molar-refractivity contribution in [1.29, 1.82) is 0 Å². The van der Waals surface area contributed by atoms with Gasteiger partial charge >= 0.3 is 5.97 Å². The van der Waals surface area contributed by atoms with Gasteiger partial charge in [0.2, 0.25) is 0 Å². The van der Waals surface area contributed by atoms with Crippen molar-refractivity contribution < 1.29 is 14.3 Å². The molecule has 0 bridgehead atoms. The predicted molar refractivity (Wildman–Crippen MR) is 83.4 cm³/mol. The minimum Gasteiger partial charge on any atom is -0.495 e. The Labute approximate surface area is 128 Å². The lowest BCUT2D eigenvalue weighted by Gasteiger charge is -2.09. The van der Waals surface area contributed by atoms with E-state index in [-0.39, 0.29) is 12.4 Å². The molecule has 2 rings (SSSR count). The van der Waals surface area contributed by atoms with Gasteiger partial charge in [-0.05, 0) is 35.9 Å².